The number of ketones is 1. The molecule has 0 amide bonds. The van der Waals surface area contributed by atoms with Gasteiger partial charge in [0.1, 0.15) is 12.5 Å². The smallest absolute Gasteiger partial charge is 0.336 e. The zero-order valence-electron chi connectivity index (χ0n) is 19.0. The Balaban J connectivity index is 2.10. The van der Waals surface area contributed by atoms with Crippen molar-refractivity contribution in [1.29, 1.82) is 0 Å². The van der Waals surface area contributed by atoms with E-state index in [4.69, 9.17) is 32.7 Å². The number of dihydropyridines is 1. The van der Waals surface area contributed by atoms with Gasteiger partial charge >= 0.3 is 11.9 Å². The fourth-order valence-electron chi connectivity index (χ4n) is 4.39. The van der Waals surface area contributed by atoms with Crippen molar-refractivity contribution in [3.05, 3.63) is 56.3 Å². The van der Waals surface area contributed by atoms with Gasteiger partial charge in [0.2, 0.25) is 0 Å². The molecule has 0 radical (unpaired) electrons. The van der Waals surface area contributed by atoms with Crippen LogP contribution >= 0.6 is 35.0 Å². The summed E-state index contributed by atoms with van der Waals surface area (Å²) in [7, 11) is 1.27. The van der Waals surface area contributed by atoms with Crippen molar-refractivity contribution in [2.24, 2.45) is 11.8 Å². The summed E-state index contributed by atoms with van der Waals surface area (Å²) in [5, 5.41) is 3.90. The van der Waals surface area contributed by atoms with Gasteiger partial charge < -0.3 is 14.8 Å². The molecule has 1 aliphatic carbocycles. The minimum atomic E-state index is -0.947. The Morgan fingerprint density at radius 2 is 1.97 bits per heavy atom. The first-order valence-corrected chi connectivity index (χ1v) is 12.6. The van der Waals surface area contributed by atoms with E-state index in [1.54, 1.807) is 36.9 Å². The fourth-order valence-corrected chi connectivity index (χ4v) is 5.19. The highest BCUT2D eigenvalue weighted by molar-refractivity contribution is 7.99. The molecule has 2 aliphatic rings. The number of nitrogens with one attached hydrogen (secondary N) is 1. The number of rotatable bonds is 7. The first-order chi connectivity index (χ1) is 15.7. The summed E-state index contributed by atoms with van der Waals surface area (Å²) in [4.78, 5) is 39.3. The predicted molar refractivity (Wildman–Crippen MR) is 130 cm³/mol. The highest BCUT2D eigenvalue weighted by Gasteiger charge is 2.47. The molecule has 1 aromatic carbocycles. The summed E-state index contributed by atoms with van der Waals surface area (Å²) >= 11 is 14.1. The molecule has 1 aliphatic heterocycles. The van der Waals surface area contributed by atoms with Crippen molar-refractivity contribution in [1.82, 2.24) is 5.32 Å². The van der Waals surface area contributed by atoms with Gasteiger partial charge in [0.15, 0.2) is 5.78 Å². The standard InChI is InChI=1S/C24H27Cl2NO5S/c1-5-33-9-8-32-24(30)19-13(3)27-17-10-12(2)18(23(29)31-4)22(28)21(17)20(19)14-6-7-15(25)16(26)11-14/h6-7,11-12,18,20,27H,5,8-10H2,1-4H3. The van der Waals surface area contributed by atoms with Gasteiger partial charge in [-0.1, -0.05) is 43.1 Å². The zero-order valence-corrected chi connectivity index (χ0v) is 21.3. The number of thioether (sulfide) groups is 1. The number of ether oxygens (including phenoxy) is 2. The fraction of sp³-hybridized carbons (Fsp3) is 0.458. The highest BCUT2D eigenvalue weighted by atomic mass is 35.5. The maximum absolute atomic E-state index is 13.6. The molecule has 1 heterocycles. The average molecular weight is 512 g/mol. The molecule has 3 rings (SSSR count). The third-order valence-electron chi connectivity index (χ3n) is 5.90. The van der Waals surface area contributed by atoms with Gasteiger partial charge in [-0.2, -0.15) is 11.8 Å². The lowest BCUT2D eigenvalue weighted by Crippen LogP contribution is -2.43. The second-order valence-electron chi connectivity index (χ2n) is 8.04. The van der Waals surface area contributed by atoms with Crippen molar-refractivity contribution in [2.75, 3.05) is 25.2 Å². The van der Waals surface area contributed by atoms with E-state index in [2.05, 4.69) is 5.32 Å². The first kappa shape index (κ1) is 25.7. The molecule has 0 saturated heterocycles. The summed E-state index contributed by atoms with van der Waals surface area (Å²) in [6.07, 6.45) is 0.464. The van der Waals surface area contributed by atoms with Crippen LogP contribution in [0.1, 0.15) is 38.7 Å². The minimum absolute atomic E-state index is 0.252. The molecule has 6 nitrogen and oxygen atoms in total. The molecule has 0 bridgehead atoms. The van der Waals surface area contributed by atoms with Crippen molar-refractivity contribution >= 4 is 52.7 Å². The van der Waals surface area contributed by atoms with E-state index in [9.17, 15) is 14.4 Å². The van der Waals surface area contributed by atoms with Gasteiger partial charge in [-0.05, 0) is 42.7 Å². The Bertz CT molecular complexity index is 1040. The SMILES string of the molecule is CCSCCOC(=O)C1=C(C)NC2=C(C(=O)C(C(=O)OC)C(C)C2)C1c1ccc(Cl)c(Cl)c1. The third-order valence-corrected chi connectivity index (χ3v) is 7.51. The first-order valence-electron chi connectivity index (χ1n) is 10.7. The minimum Gasteiger partial charge on any atom is -0.468 e. The van der Waals surface area contributed by atoms with Crippen molar-refractivity contribution in [3.63, 3.8) is 0 Å². The predicted octanol–water partition coefficient (Wildman–Crippen LogP) is 4.90. The average Bonchev–Trinajstić information content (AvgIpc) is 2.77. The number of benzene rings is 1. The quantitative estimate of drug-likeness (QED) is 0.316. The molecule has 0 saturated carbocycles. The Kier molecular flexibility index (Phi) is 8.54. The Labute approximate surface area is 208 Å². The largest absolute Gasteiger partial charge is 0.468 e. The van der Waals surface area contributed by atoms with E-state index in [1.807, 2.05) is 13.8 Å². The molecule has 0 fully saturated rings. The van der Waals surface area contributed by atoms with Crippen LogP contribution in [0.2, 0.25) is 10.0 Å². The molecule has 3 atom stereocenters. The monoisotopic (exact) mass is 511 g/mol. The van der Waals surface area contributed by atoms with E-state index < -0.39 is 23.8 Å². The number of carbonyl (C=O) groups excluding carboxylic acids is 3. The van der Waals surface area contributed by atoms with Gasteiger partial charge in [0, 0.05) is 28.6 Å². The van der Waals surface area contributed by atoms with Gasteiger partial charge in [-0.3, -0.25) is 9.59 Å². The van der Waals surface area contributed by atoms with E-state index in [-0.39, 0.29) is 18.3 Å². The van der Waals surface area contributed by atoms with Gasteiger partial charge in [0.05, 0.1) is 22.7 Å². The molecule has 0 spiro atoms. The van der Waals surface area contributed by atoms with Gasteiger partial charge in [0.25, 0.3) is 0 Å². The summed E-state index contributed by atoms with van der Waals surface area (Å²) < 4.78 is 10.5. The number of esters is 2. The molecule has 33 heavy (non-hydrogen) atoms. The highest BCUT2D eigenvalue weighted by Crippen LogP contribution is 2.46. The van der Waals surface area contributed by atoms with Crippen LogP contribution in [-0.2, 0) is 23.9 Å². The maximum atomic E-state index is 13.6. The molecule has 1 N–H and O–H groups in total. The lowest BCUT2D eigenvalue weighted by atomic mass is 9.69. The van der Waals surface area contributed by atoms with Crippen molar-refractivity contribution in [3.8, 4) is 0 Å². The van der Waals surface area contributed by atoms with E-state index >= 15 is 0 Å². The van der Waals surface area contributed by atoms with Crippen LogP contribution in [0.3, 0.4) is 0 Å². The third kappa shape index (κ3) is 5.26. The van der Waals surface area contributed by atoms with E-state index in [0.29, 0.717) is 50.3 Å². The van der Waals surface area contributed by atoms with Crippen molar-refractivity contribution in [2.45, 2.75) is 33.1 Å². The number of Topliss-reactive ketones (excluding diaryl/α,β-unsaturated/α-hetero) is 1. The summed E-state index contributed by atoms with van der Waals surface area (Å²) in [5.74, 6) is -1.80. The van der Waals surface area contributed by atoms with Crippen LogP contribution in [0.5, 0.6) is 0 Å². The summed E-state index contributed by atoms with van der Waals surface area (Å²) in [6.45, 7) is 5.91. The summed E-state index contributed by atoms with van der Waals surface area (Å²) in [6, 6.07) is 5.02. The lowest BCUT2D eigenvalue weighted by Gasteiger charge is -2.38. The summed E-state index contributed by atoms with van der Waals surface area (Å²) in [5.41, 5.74) is 2.61. The van der Waals surface area contributed by atoms with Crippen molar-refractivity contribution < 1.29 is 23.9 Å². The number of halogens is 2. The van der Waals surface area contributed by atoms with Gasteiger partial charge in [-0.25, -0.2) is 4.79 Å². The van der Waals surface area contributed by atoms with Crippen LogP contribution in [0, 0.1) is 11.8 Å². The molecule has 3 unspecified atom stereocenters. The normalized spacial score (nSPS) is 22.6. The lowest BCUT2D eigenvalue weighted by molar-refractivity contribution is -0.151. The van der Waals surface area contributed by atoms with Crippen LogP contribution in [0.25, 0.3) is 0 Å². The molecular formula is C24H27Cl2NO5S. The second-order valence-corrected chi connectivity index (χ2v) is 10.3. The maximum Gasteiger partial charge on any atom is 0.336 e. The number of hydrogen-bond acceptors (Lipinski definition) is 7. The molecule has 178 valence electrons. The van der Waals surface area contributed by atoms with E-state index in [1.165, 1.54) is 7.11 Å². The topological polar surface area (TPSA) is 81.7 Å². The molecule has 1 aromatic rings. The molecular weight excluding hydrogens is 485 g/mol. The van der Waals surface area contributed by atoms with Crippen LogP contribution in [0.4, 0.5) is 0 Å². The Hall–Kier alpha value is -1.96. The van der Waals surface area contributed by atoms with Crippen LogP contribution in [0.15, 0.2) is 40.7 Å². The number of allylic oxidation sites excluding steroid dienone is 3. The number of carbonyl (C=O) groups is 3. The molecule has 0 aromatic heterocycles. The second kappa shape index (κ2) is 11.0. The van der Waals surface area contributed by atoms with Crippen LogP contribution in [-0.4, -0.2) is 42.9 Å². The van der Waals surface area contributed by atoms with Crippen LogP contribution < -0.4 is 5.32 Å². The Morgan fingerprint density at radius 1 is 1.24 bits per heavy atom. The zero-order chi connectivity index (χ0) is 24.3. The van der Waals surface area contributed by atoms with E-state index in [0.717, 1.165) is 5.75 Å². The number of methoxy groups -OCH3 is 1. The number of hydrogen-bond donors (Lipinski definition) is 1. The Morgan fingerprint density at radius 3 is 2.61 bits per heavy atom. The van der Waals surface area contributed by atoms with Gasteiger partial charge in [-0.15, -0.1) is 0 Å². The molecule has 9 heteroatoms.